The van der Waals surface area contributed by atoms with Crippen LogP contribution in [0.5, 0.6) is 5.75 Å². The molecule has 0 spiro atoms. The van der Waals surface area contributed by atoms with E-state index in [1.54, 1.807) is 53.6 Å². The topological polar surface area (TPSA) is 156 Å². The number of carbonyl (C=O) groups is 2. The Morgan fingerprint density at radius 3 is 2.52 bits per heavy atom. The van der Waals surface area contributed by atoms with Crippen LogP contribution >= 0.6 is 0 Å². The second-order valence-corrected chi connectivity index (χ2v) is 9.57. The highest BCUT2D eigenvalue weighted by Crippen LogP contribution is 2.27. The predicted octanol–water partition coefficient (Wildman–Crippen LogP) is 1.57. The minimum atomic E-state index is -1.83. The van der Waals surface area contributed by atoms with Crippen LogP contribution in [0.4, 0.5) is 5.82 Å². The number of rotatable bonds is 9. The van der Waals surface area contributed by atoms with Crippen LogP contribution in [-0.4, -0.2) is 68.2 Å². The number of benzene rings is 2. The van der Waals surface area contributed by atoms with E-state index < -0.39 is 23.5 Å². The Labute approximate surface area is 230 Å². The maximum Gasteiger partial charge on any atom is 0.260 e. The fraction of sp³-hybridized carbons (Fsp3) is 0.241. The molecule has 2 amide bonds. The summed E-state index contributed by atoms with van der Waals surface area (Å²) in [5.41, 5.74) is 6.38. The average molecular weight is 543 g/mol. The molecule has 0 bridgehead atoms. The number of hydrogen-bond donors (Lipinski definition) is 4. The van der Waals surface area contributed by atoms with Crippen molar-refractivity contribution in [2.45, 2.75) is 24.7 Å². The molecule has 5 rings (SSSR count). The van der Waals surface area contributed by atoms with Crippen LogP contribution in [0.1, 0.15) is 21.5 Å². The van der Waals surface area contributed by atoms with Gasteiger partial charge in [-0.15, -0.1) is 5.10 Å². The van der Waals surface area contributed by atoms with E-state index in [9.17, 15) is 19.8 Å². The fourth-order valence-electron chi connectivity index (χ4n) is 4.68. The Kier molecular flexibility index (Phi) is 7.87. The van der Waals surface area contributed by atoms with Gasteiger partial charge in [0.25, 0.3) is 11.8 Å². The van der Waals surface area contributed by atoms with E-state index in [4.69, 9.17) is 10.5 Å². The highest BCUT2D eigenvalue weighted by Gasteiger charge is 2.47. The number of ether oxygens (including phenoxy) is 1. The van der Waals surface area contributed by atoms with Crippen LogP contribution in [0.2, 0.25) is 0 Å². The number of nitrogens with zero attached hydrogens (tertiary/aromatic N) is 4. The zero-order valence-corrected chi connectivity index (χ0v) is 21.7. The van der Waals surface area contributed by atoms with Gasteiger partial charge in [0, 0.05) is 37.6 Å². The summed E-state index contributed by atoms with van der Waals surface area (Å²) < 4.78 is 7.50. The third-order valence-electron chi connectivity index (χ3n) is 6.83. The number of aromatic hydroxyl groups is 1. The Balaban J connectivity index is 1.41. The molecule has 11 heteroatoms. The van der Waals surface area contributed by atoms with Gasteiger partial charge in [0.2, 0.25) is 0 Å². The van der Waals surface area contributed by atoms with Crippen molar-refractivity contribution in [2.24, 2.45) is 5.73 Å². The lowest BCUT2D eigenvalue weighted by molar-refractivity contribution is -0.157. The molecule has 2 atom stereocenters. The zero-order valence-electron chi connectivity index (χ0n) is 21.7. The summed E-state index contributed by atoms with van der Waals surface area (Å²) in [5, 5.41) is 29.3. The molecule has 2 aromatic heterocycles. The van der Waals surface area contributed by atoms with E-state index >= 15 is 0 Å². The number of anilines is 1. The molecule has 0 radical (unpaired) electrons. The maximum absolute atomic E-state index is 13.8. The number of hydrogen-bond acceptors (Lipinski definition) is 8. The Hall–Kier alpha value is -4.58. The van der Waals surface area contributed by atoms with Gasteiger partial charge in [0.1, 0.15) is 11.4 Å². The summed E-state index contributed by atoms with van der Waals surface area (Å²) in [4.78, 5) is 32.2. The van der Waals surface area contributed by atoms with Gasteiger partial charge in [-0.05, 0) is 35.4 Å². The highest BCUT2D eigenvalue weighted by molar-refractivity contribution is 5.98. The maximum atomic E-state index is 13.8. The Morgan fingerprint density at radius 2 is 1.80 bits per heavy atom. The number of nitrogens with one attached hydrogen (secondary N) is 1. The Morgan fingerprint density at radius 1 is 1.07 bits per heavy atom. The van der Waals surface area contributed by atoms with E-state index in [1.165, 1.54) is 17.0 Å². The number of phenolic OH excluding ortho intramolecular Hbond substituents is 1. The largest absolute Gasteiger partial charge is 0.507 e. The molecule has 0 saturated carbocycles. The average Bonchev–Trinajstić information content (AvgIpc) is 3.47. The third kappa shape index (κ3) is 5.71. The van der Waals surface area contributed by atoms with Gasteiger partial charge in [0.05, 0.1) is 30.9 Å². The molecule has 206 valence electrons. The van der Waals surface area contributed by atoms with Crippen LogP contribution < -0.4 is 16.0 Å². The minimum absolute atomic E-state index is 0.00854. The van der Waals surface area contributed by atoms with Gasteiger partial charge in [-0.2, -0.15) is 0 Å². The summed E-state index contributed by atoms with van der Waals surface area (Å²) in [5.74, 6) is -0.861. The lowest BCUT2D eigenvalue weighted by Gasteiger charge is -2.40. The van der Waals surface area contributed by atoms with Gasteiger partial charge in [-0.1, -0.05) is 36.4 Å². The molecular formula is C29H30N6O5. The number of aromatic nitrogens is 3. The van der Waals surface area contributed by atoms with E-state index in [2.05, 4.69) is 15.4 Å². The summed E-state index contributed by atoms with van der Waals surface area (Å²) in [6.45, 7) is 0.454. The van der Waals surface area contributed by atoms with E-state index in [-0.39, 0.29) is 37.4 Å². The van der Waals surface area contributed by atoms with Crippen LogP contribution in [0.15, 0.2) is 85.3 Å². The smallest absolute Gasteiger partial charge is 0.260 e. The molecule has 5 N–H and O–H groups in total. The second kappa shape index (κ2) is 11.7. The van der Waals surface area contributed by atoms with E-state index in [1.807, 2.05) is 24.3 Å². The fourth-order valence-corrected chi connectivity index (χ4v) is 4.68. The third-order valence-corrected chi connectivity index (χ3v) is 6.83. The number of nitrogens with two attached hydrogens (primary N) is 1. The van der Waals surface area contributed by atoms with E-state index in [0.29, 0.717) is 12.4 Å². The normalized spacial score (nSPS) is 16.9. The first-order chi connectivity index (χ1) is 19.4. The molecule has 3 heterocycles. The number of carbonyl (C=O) groups excluding carboxylic acids is 2. The number of aliphatic hydroxyl groups is 1. The molecule has 0 aliphatic carbocycles. The number of phenols is 1. The summed E-state index contributed by atoms with van der Waals surface area (Å²) >= 11 is 0. The van der Waals surface area contributed by atoms with Gasteiger partial charge in [-0.25, -0.2) is 4.68 Å². The van der Waals surface area contributed by atoms with Gasteiger partial charge >= 0.3 is 0 Å². The van der Waals surface area contributed by atoms with Crippen molar-refractivity contribution < 1.29 is 24.5 Å². The van der Waals surface area contributed by atoms with Crippen LogP contribution in [0.25, 0.3) is 5.69 Å². The van der Waals surface area contributed by atoms with Crippen molar-refractivity contribution in [3.05, 3.63) is 102 Å². The van der Waals surface area contributed by atoms with Crippen molar-refractivity contribution in [1.29, 1.82) is 0 Å². The lowest BCUT2D eigenvalue weighted by atomic mass is 9.86. The monoisotopic (exact) mass is 542 g/mol. The zero-order chi connectivity index (χ0) is 28.1. The van der Waals surface area contributed by atoms with Crippen molar-refractivity contribution in [2.75, 3.05) is 24.6 Å². The van der Waals surface area contributed by atoms with Crippen LogP contribution in [0.3, 0.4) is 0 Å². The number of para-hydroxylation sites is 1. The Bertz CT molecular complexity index is 1480. The molecule has 1 aliphatic heterocycles. The standard InChI is InChI=1S/C29H30N6O5/c30-18-21-7-5-20(6-8-21)17-29(39,19-32-27(37)23-3-1-2-4-24(23)36)26-28(38)34(15-16-40-26)25-11-14-35(33-25)22-9-12-31-13-10-22/h1-14,26,36,39H,15-19,30H2,(H,32,37)/t26-,29?/m0/s1. The first-order valence-electron chi connectivity index (χ1n) is 12.8. The van der Waals surface area contributed by atoms with Gasteiger partial charge < -0.3 is 26.0 Å². The molecule has 2 aromatic carbocycles. The number of amides is 2. The number of morpholine rings is 1. The molecule has 40 heavy (non-hydrogen) atoms. The van der Waals surface area contributed by atoms with Crippen molar-refractivity contribution in [3.63, 3.8) is 0 Å². The number of pyridine rings is 1. The van der Waals surface area contributed by atoms with Crippen LogP contribution in [-0.2, 0) is 22.5 Å². The molecule has 1 fully saturated rings. The molecule has 4 aromatic rings. The molecule has 1 saturated heterocycles. The minimum Gasteiger partial charge on any atom is -0.507 e. The van der Waals surface area contributed by atoms with Gasteiger partial charge in [-0.3, -0.25) is 19.5 Å². The molecular weight excluding hydrogens is 512 g/mol. The highest BCUT2D eigenvalue weighted by atomic mass is 16.5. The molecule has 1 aliphatic rings. The van der Waals surface area contributed by atoms with Crippen molar-refractivity contribution in [1.82, 2.24) is 20.1 Å². The first kappa shape index (κ1) is 27.0. The second-order valence-electron chi connectivity index (χ2n) is 9.57. The summed E-state index contributed by atoms with van der Waals surface area (Å²) in [6.07, 6.45) is 3.74. The van der Waals surface area contributed by atoms with E-state index in [0.717, 1.165) is 16.8 Å². The van der Waals surface area contributed by atoms with Crippen molar-refractivity contribution >= 4 is 17.6 Å². The molecule has 11 nitrogen and oxygen atoms in total. The van der Waals surface area contributed by atoms with Crippen LogP contribution in [0, 0.1) is 0 Å². The quantitative estimate of drug-likeness (QED) is 0.248. The lowest BCUT2D eigenvalue weighted by Crippen LogP contribution is -2.63. The van der Waals surface area contributed by atoms with Crippen molar-refractivity contribution in [3.8, 4) is 11.4 Å². The summed E-state index contributed by atoms with van der Waals surface area (Å²) in [7, 11) is 0. The summed E-state index contributed by atoms with van der Waals surface area (Å²) in [6, 6.07) is 18.7. The first-order valence-corrected chi connectivity index (χ1v) is 12.8. The predicted molar refractivity (Wildman–Crippen MR) is 147 cm³/mol. The SMILES string of the molecule is NCc1ccc(CC(O)(CNC(=O)c2ccccc2O)[C@H]2OCCN(c3ccn(-c4ccncc4)n3)C2=O)cc1. The molecule has 1 unspecified atom stereocenters. The van der Waals surface area contributed by atoms with Gasteiger partial charge in [0.15, 0.2) is 11.9 Å².